The van der Waals surface area contributed by atoms with E-state index in [0.29, 0.717) is 71.6 Å². The summed E-state index contributed by atoms with van der Waals surface area (Å²) in [6.07, 6.45) is 0.163. The van der Waals surface area contributed by atoms with Crippen LogP contribution in [-0.2, 0) is 35.1 Å². The quantitative estimate of drug-likeness (QED) is 0.260. The number of hydrogen-bond acceptors (Lipinski definition) is 8. The minimum absolute atomic E-state index is 0.0787. The second-order valence-electron chi connectivity index (χ2n) is 9.06. The van der Waals surface area contributed by atoms with Gasteiger partial charge in [0, 0.05) is 37.1 Å². The summed E-state index contributed by atoms with van der Waals surface area (Å²) in [6, 6.07) is 15.5. The van der Waals surface area contributed by atoms with Crippen LogP contribution in [0.2, 0.25) is 0 Å². The molecule has 11 nitrogen and oxygen atoms in total. The monoisotopic (exact) mass is 551 g/mol. The molecule has 2 amide bonds. The number of anilines is 1. The zero-order chi connectivity index (χ0) is 28.0. The van der Waals surface area contributed by atoms with Crippen molar-refractivity contribution in [3.05, 3.63) is 54.1 Å². The highest BCUT2D eigenvalue weighted by Gasteiger charge is 2.27. The summed E-state index contributed by atoms with van der Waals surface area (Å²) in [5.41, 5.74) is 4.88. The normalized spacial score (nSPS) is 12.2. The third-order valence-corrected chi connectivity index (χ3v) is 6.35. The summed E-state index contributed by atoms with van der Waals surface area (Å²) in [4.78, 5) is 27.6. The fraction of sp³-hybridized carbons (Fsp3) is 0.448. The molecule has 0 atom stereocenters. The van der Waals surface area contributed by atoms with E-state index in [1.165, 1.54) is 0 Å². The minimum atomic E-state index is -0.197. The molecule has 0 spiro atoms. The van der Waals surface area contributed by atoms with Crippen molar-refractivity contribution >= 4 is 17.5 Å². The Hall–Kier alpha value is -3.64. The molecule has 1 aliphatic heterocycles. The number of carbonyl (C=O) groups is 2. The van der Waals surface area contributed by atoms with E-state index in [1.54, 1.807) is 4.90 Å². The van der Waals surface area contributed by atoms with Crippen LogP contribution in [0.1, 0.15) is 25.3 Å². The lowest BCUT2D eigenvalue weighted by Crippen LogP contribution is -2.33. The number of benzene rings is 2. The minimum Gasteiger partial charge on any atom is -0.379 e. The van der Waals surface area contributed by atoms with Gasteiger partial charge in [-0.25, -0.2) is 0 Å². The molecule has 0 radical (unpaired) electrons. The Morgan fingerprint density at radius 1 is 0.800 bits per heavy atom. The van der Waals surface area contributed by atoms with Gasteiger partial charge in [-0.2, -0.15) is 15.4 Å². The van der Waals surface area contributed by atoms with Crippen LogP contribution in [0.3, 0.4) is 0 Å². The SMILES string of the molecule is CCOCCOCCOCCOCCNC(=O)CCC(=O)N1Cc2ccccc2-c2n[nH]nc2-c2ccccc21. The number of fused-ring (bicyclic) bond motifs is 5. The standard InChI is InChI=1S/C29H37N5O6/c1-2-37-15-16-39-19-20-40-18-17-38-14-13-30-26(35)11-12-27(36)34-21-22-7-3-4-8-23(22)28-29(32-33-31-28)24-9-5-6-10-25(24)34/h3-10H,2,11-21H2,1H3,(H,30,35)(H,31,32,33). The van der Waals surface area contributed by atoms with Gasteiger partial charge in [-0.05, 0) is 18.6 Å². The van der Waals surface area contributed by atoms with E-state index in [2.05, 4.69) is 20.7 Å². The van der Waals surface area contributed by atoms with Gasteiger partial charge >= 0.3 is 0 Å². The van der Waals surface area contributed by atoms with Crippen LogP contribution in [0.25, 0.3) is 22.5 Å². The van der Waals surface area contributed by atoms with Gasteiger partial charge in [-0.1, -0.05) is 42.5 Å². The number of hydrogen-bond donors (Lipinski definition) is 2. The molecule has 0 saturated heterocycles. The Balaban J connectivity index is 1.20. The third kappa shape index (κ3) is 8.18. The van der Waals surface area contributed by atoms with Crippen molar-refractivity contribution in [3.63, 3.8) is 0 Å². The summed E-state index contributed by atoms with van der Waals surface area (Å²) < 4.78 is 21.5. The topological polar surface area (TPSA) is 128 Å². The van der Waals surface area contributed by atoms with E-state index in [0.717, 1.165) is 28.1 Å². The van der Waals surface area contributed by atoms with Crippen LogP contribution in [0, 0.1) is 0 Å². The number of aromatic nitrogens is 3. The van der Waals surface area contributed by atoms with E-state index < -0.39 is 0 Å². The van der Waals surface area contributed by atoms with E-state index >= 15 is 0 Å². The maximum Gasteiger partial charge on any atom is 0.227 e. The fourth-order valence-electron chi connectivity index (χ4n) is 4.39. The predicted molar refractivity (Wildman–Crippen MR) is 150 cm³/mol. The number of nitrogens with zero attached hydrogens (tertiary/aromatic N) is 3. The number of nitrogens with one attached hydrogen (secondary N) is 2. The molecule has 2 heterocycles. The van der Waals surface area contributed by atoms with E-state index in [9.17, 15) is 9.59 Å². The third-order valence-electron chi connectivity index (χ3n) is 6.35. The molecule has 2 N–H and O–H groups in total. The lowest BCUT2D eigenvalue weighted by atomic mass is 9.95. The molecular formula is C29H37N5O6. The maximum atomic E-state index is 13.4. The van der Waals surface area contributed by atoms with E-state index in [-0.39, 0.29) is 24.7 Å². The van der Waals surface area contributed by atoms with Crippen molar-refractivity contribution in [2.75, 3.05) is 64.3 Å². The molecule has 0 unspecified atom stereocenters. The molecule has 40 heavy (non-hydrogen) atoms. The predicted octanol–water partition coefficient (Wildman–Crippen LogP) is 2.97. The van der Waals surface area contributed by atoms with E-state index in [4.69, 9.17) is 18.9 Å². The maximum absolute atomic E-state index is 13.4. The van der Waals surface area contributed by atoms with Gasteiger partial charge in [0.15, 0.2) is 0 Å². The summed E-state index contributed by atoms with van der Waals surface area (Å²) in [6.45, 7) is 6.76. The smallest absolute Gasteiger partial charge is 0.227 e. The first-order valence-electron chi connectivity index (χ1n) is 13.7. The van der Waals surface area contributed by atoms with Gasteiger partial charge in [-0.15, -0.1) is 0 Å². The number of H-pyrrole nitrogens is 1. The molecule has 1 aromatic heterocycles. The van der Waals surface area contributed by atoms with Crippen LogP contribution < -0.4 is 10.2 Å². The van der Waals surface area contributed by atoms with Gasteiger partial charge in [0.1, 0.15) is 11.4 Å². The molecule has 2 aromatic carbocycles. The second-order valence-corrected chi connectivity index (χ2v) is 9.06. The van der Waals surface area contributed by atoms with Crippen molar-refractivity contribution in [2.45, 2.75) is 26.3 Å². The molecular weight excluding hydrogens is 514 g/mol. The van der Waals surface area contributed by atoms with Gasteiger partial charge < -0.3 is 29.2 Å². The fourth-order valence-corrected chi connectivity index (χ4v) is 4.39. The van der Waals surface area contributed by atoms with Crippen LogP contribution in [0.5, 0.6) is 0 Å². The Kier molecular flexibility index (Phi) is 11.6. The summed E-state index contributed by atoms with van der Waals surface area (Å²) in [7, 11) is 0. The number of aromatic amines is 1. The van der Waals surface area contributed by atoms with Crippen molar-refractivity contribution in [3.8, 4) is 22.5 Å². The van der Waals surface area contributed by atoms with Gasteiger partial charge in [-0.3, -0.25) is 9.59 Å². The molecule has 1 aliphatic rings. The number of para-hydroxylation sites is 1. The van der Waals surface area contributed by atoms with Crippen molar-refractivity contribution < 1.29 is 28.5 Å². The lowest BCUT2D eigenvalue weighted by Gasteiger charge is -2.28. The van der Waals surface area contributed by atoms with Crippen molar-refractivity contribution in [1.82, 2.24) is 20.7 Å². The van der Waals surface area contributed by atoms with Crippen molar-refractivity contribution in [1.29, 1.82) is 0 Å². The molecule has 0 saturated carbocycles. The average Bonchev–Trinajstić information content (AvgIpc) is 3.46. The highest BCUT2D eigenvalue weighted by molar-refractivity contribution is 6.01. The summed E-state index contributed by atoms with van der Waals surface area (Å²) in [5.74, 6) is -0.337. The number of rotatable bonds is 16. The van der Waals surface area contributed by atoms with Crippen LogP contribution >= 0.6 is 0 Å². The van der Waals surface area contributed by atoms with Crippen LogP contribution in [0.4, 0.5) is 5.69 Å². The Bertz CT molecular complexity index is 1230. The molecule has 0 bridgehead atoms. The van der Waals surface area contributed by atoms with Gasteiger partial charge in [0.05, 0.1) is 58.5 Å². The van der Waals surface area contributed by atoms with Crippen LogP contribution in [-0.4, -0.2) is 86.6 Å². The number of carbonyl (C=O) groups excluding carboxylic acids is 2. The molecule has 0 aliphatic carbocycles. The summed E-state index contributed by atoms with van der Waals surface area (Å²) >= 11 is 0. The Labute approximate surface area is 234 Å². The first-order valence-corrected chi connectivity index (χ1v) is 13.7. The molecule has 11 heteroatoms. The first-order chi connectivity index (χ1) is 19.7. The Morgan fingerprint density at radius 3 is 2.12 bits per heavy atom. The summed E-state index contributed by atoms with van der Waals surface area (Å²) in [5, 5.41) is 14.3. The van der Waals surface area contributed by atoms with E-state index in [1.807, 2.05) is 55.5 Å². The number of amides is 2. The average molecular weight is 552 g/mol. The largest absolute Gasteiger partial charge is 0.379 e. The van der Waals surface area contributed by atoms with Gasteiger partial charge in [0.25, 0.3) is 0 Å². The molecule has 4 rings (SSSR count). The lowest BCUT2D eigenvalue weighted by molar-refractivity contribution is -0.125. The second kappa shape index (κ2) is 15.8. The Morgan fingerprint density at radius 2 is 1.40 bits per heavy atom. The first kappa shape index (κ1) is 29.3. The van der Waals surface area contributed by atoms with Crippen LogP contribution in [0.15, 0.2) is 48.5 Å². The zero-order valence-electron chi connectivity index (χ0n) is 22.9. The molecule has 214 valence electrons. The highest BCUT2D eigenvalue weighted by atomic mass is 16.6. The molecule has 0 fully saturated rings. The highest BCUT2D eigenvalue weighted by Crippen LogP contribution is 2.39. The van der Waals surface area contributed by atoms with Gasteiger partial charge in [0.2, 0.25) is 11.8 Å². The zero-order valence-corrected chi connectivity index (χ0v) is 22.9. The molecule has 3 aromatic rings. The number of ether oxygens (including phenoxy) is 4. The van der Waals surface area contributed by atoms with Crippen molar-refractivity contribution in [2.24, 2.45) is 0 Å².